The van der Waals surface area contributed by atoms with Crippen molar-refractivity contribution in [2.24, 2.45) is 13.0 Å². The van der Waals surface area contributed by atoms with E-state index in [1.807, 2.05) is 24.3 Å². The number of halogens is 1. The number of imidazole rings is 1. The fourth-order valence-electron chi connectivity index (χ4n) is 8.83. The summed E-state index contributed by atoms with van der Waals surface area (Å²) in [6, 6.07) is 10.9. The molecule has 3 aromatic heterocycles. The van der Waals surface area contributed by atoms with Crippen molar-refractivity contribution in [3.8, 4) is 11.6 Å². The SMILES string of the molecule is COc1cc2nn([C@H]3CC[C@H](CN4CCC(c5cccc6c5n(C)c(=O)n6C5CCC(=O)NC5=O)CC4)CC3)cc2cc1NC(=O)c1cnc(OC)c(Cl)c1. The van der Waals surface area contributed by atoms with Gasteiger partial charge in [0.2, 0.25) is 17.7 Å². The largest absolute Gasteiger partial charge is 0.494 e. The molecule has 0 spiro atoms. The summed E-state index contributed by atoms with van der Waals surface area (Å²) in [4.78, 5) is 57.7. The molecule has 3 fully saturated rings. The maximum atomic E-state index is 13.4. The van der Waals surface area contributed by atoms with Crippen LogP contribution in [0.4, 0.5) is 5.69 Å². The van der Waals surface area contributed by atoms with E-state index in [9.17, 15) is 19.2 Å². The summed E-state index contributed by atoms with van der Waals surface area (Å²) in [6.07, 6.45) is 10.4. The van der Waals surface area contributed by atoms with Crippen LogP contribution in [0.15, 0.2) is 53.6 Å². The Morgan fingerprint density at radius 1 is 1.00 bits per heavy atom. The van der Waals surface area contributed by atoms with Gasteiger partial charge in [-0.05, 0) is 93.6 Å². The summed E-state index contributed by atoms with van der Waals surface area (Å²) in [5.41, 5.74) is 4.20. The number of fused-ring (bicyclic) bond motifs is 2. The summed E-state index contributed by atoms with van der Waals surface area (Å²) in [5.74, 6) is 0.629. The van der Waals surface area contributed by atoms with Crippen LogP contribution in [-0.4, -0.2) is 80.4 Å². The van der Waals surface area contributed by atoms with Gasteiger partial charge in [0.25, 0.3) is 5.91 Å². The lowest BCUT2D eigenvalue weighted by molar-refractivity contribution is -0.135. The number of aromatic nitrogens is 5. The van der Waals surface area contributed by atoms with Gasteiger partial charge in [0.1, 0.15) is 16.8 Å². The van der Waals surface area contributed by atoms with Gasteiger partial charge in [-0.3, -0.25) is 33.5 Å². The topological polar surface area (TPSA) is 155 Å². The second kappa shape index (κ2) is 15.1. The van der Waals surface area contributed by atoms with Crippen molar-refractivity contribution in [3.63, 3.8) is 0 Å². The number of nitrogens with one attached hydrogen (secondary N) is 2. The van der Waals surface area contributed by atoms with E-state index in [0.717, 1.165) is 85.7 Å². The average molecular weight is 769 g/mol. The van der Waals surface area contributed by atoms with E-state index in [-0.39, 0.29) is 34.8 Å². The molecule has 2 aliphatic heterocycles. The molecule has 2 aromatic carbocycles. The first-order chi connectivity index (χ1) is 26.6. The number of likely N-dealkylation sites (tertiary alicyclic amines) is 1. The van der Waals surface area contributed by atoms with Crippen LogP contribution >= 0.6 is 11.6 Å². The van der Waals surface area contributed by atoms with E-state index in [0.29, 0.717) is 41.3 Å². The number of anilines is 1. The van der Waals surface area contributed by atoms with Crippen LogP contribution in [0.2, 0.25) is 5.02 Å². The summed E-state index contributed by atoms with van der Waals surface area (Å²) in [5, 5.41) is 11.4. The van der Waals surface area contributed by atoms with Gasteiger partial charge in [-0.15, -0.1) is 0 Å². The zero-order valence-corrected chi connectivity index (χ0v) is 32.0. The summed E-state index contributed by atoms with van der Waals surface area (Å²) >= 11 is 6.19. The molecule has 5 aromatic rings. The molecule has 0 radical (unpaired) electrons. The fraction of sp³-hybridized carbons (Fsp3) is 0.450. The first-order valence-electron chi connectivity index (χ1n) is 19.0. The van der Waals surface area contributed by atoms with Crippen molar-refractivity contribution >= 4 is 56.9 Å². The Morgan fingerprint density at radius 2 is 1.78 bits per heavy atom. The zero-order chi connectivity index (χ0) is 38.4. The van der Waals surface area contributed by atoms with Crippen LogP contribution in [0.5, 0.6) is 11.6 Å². The standard InChI is InChI=1S/C40H45ClN8O6/c1-46-36-28(5-4-6-32(36)49(40(46)53)33-11-12-35(50)44-38(33)52)24-13-15-47(16-14-24)21-23-7-9-27(10-8-23)48-22-26-18-31(34(54-2)19-30(26)45-48)43-37(51)25-17-29(41)39(55-3)42-20-25/h4-6,17-20,22-24,27,33H,7-16,21H2,1-3H3,(H,43,51)(H,44,50,52)/t23-,27-,33?. The van der Waals surface area contributed by atoms with Gasteiger partial charge in [-0.25, -0.2) is 9.78 Å². The number of aryl methyl sites for hydroxylation is 1. The molecule has 1 saturated carbocycles. The van der Waals surface area contributed by atoms with Crippen LogP contribution < -0.4 is 25.8 Å². The van der Waals surface area contributed by atoms with E-state index >= 15 is 0 Å². The number of carbonyl (C=O) groups is 3. The van der Waals surface area contributed by atoms with Crippen molar-refractivity contribution in [1.29, 1.82) is 0 Å². The fourth-order valence-corrected chi connectivity index (χ4v) is 9.07. The molecule has 2 N–H and O–H groups in total. The first kappa shape index (κ1) is 36.8. The number of pyridine rings is 1. The maximum absolute atomic E-state index is 13.4. The van der Waals surface area contributed by atoms with Crippen molar-refractivity contribution in [1.82, 2.24) is 34.1 Å². The van der Waals surface area contributed by atoms with Gasteiger partial charge in [-0.2, -0.15) is 5.10 Å². The van der Waals surface area contributed by atoms with Gasteiger partial charge >= 0.3 is 5.69 Å². The Hall–Kier alpha value is -5.21. The minimum Gasteiger partial charge on any atom is -0.494 e. The van der Waals surface area contributed by atoms with Crippen LogP contribution in [0.25, 0.3) is 21.9 Å². The smallest absolute Gasteiger partial charge is 0.329 e. The molecular formula is C40H45ClN8O6. The number of hydrogen-bond acceptors (Lipinski definition) is 9. The third kappa shape index (κ3) is 7.08. The summed E-state index contributed by atoms with van der Waals surface area (Å²) in [7, 11) is 4.81. The van der Waals surface area contributed by atoms with Crippen LogP contribution in [0, 0.1) is 5.92 Å². The first-order valence-corrected chi connectivity index (χ1v) is 19.3. The maximum Gasteiger partial charge on any atom is 0.329 e. The second-order valence-electron chi connectivity index (χ2n) is 15.0. The second-order valence-corrected chi connectivity index (χ2v) is 15.4. The molecule has 5 heterocycles. The third-order valence-electron chi connectivity index (χ3n) is 11.7. The Balaban J connectivity index is 0.876. The van der Waals surface area contributed by atoms with Gasteiger partial charge in [0.15, 0.2) is 0 Å². The molecular weight excluding hydrogens is 724 g/mol. The van der Waals surface area contributed by atoms with Crippen LogP contribution in [0.3, 0.4) is 0 Å². The number of hydrogen-bond donors (Lipinski definition) is 2. The molecule has 15 heteroatoms. The molecule has 14 nitrogen and oxygen atoms in total. The number of amides is 3. The number of ether oxygens (including phenoxy) is 2. The molecule has 8 rings (SSSR count). The van der Waals surface area contributed by atoms with Crippen LogP contribution in [-0.2, 0) is 16.6 Å². The molecule has 3 aliphatic rings. The highest BCUT2D eigenvalue weighted by Gasteiger charge is 2.33. The number of nitrogens with zero attached hydrogens (tertiary/aromatic N) is 6. The van der Waals surface area contributed by atoms with E-state index in [2.05, 4.69) is 37.5 Å². The Labute approximate surface area is 322 Å². The molecule has 2 saturated heterocycles. The quantitative estimate of drug-likeness (QED) is 0.183. The van der Waals surface area contributed by atoms with Gasteiger partial charge in [0.05, 0.1) is 48.1 Å². The number of benzene rings is 2. The Bertz CT molecular complexity index is 2350. The number of imide groups is 1. The Kier molecular flexibility index (Phi) is 10.1. The highest BCUT2D eigenvalue weighted by molar-refractivity contribution is 6.32. The summed E-state index contributed by atoms with van der Waals surface area (Å²) in [6.45, 7) is 3.07. The molecule has 288 valence electrons. The van der Waals surface area contributed by atoms with E-state index in [1.54, 1.807) is 23.3 Å². The highest BCUT2D eigenvalue weighted by atomic mass is 35.5. The molecule has 1 unspecified atom stereocenters. The van der Waals surface area contributed by atoms with Gasteiger partial charge in [0, 0.05) is 43.9 Å². The number of rotatable bonds is 9. The van der Waals surface area contributed by atoms with Crippen molar-refractivity contribution in [3.05, 3.63) is 75.4 Å². The minimum atomic E-state index is -0.686. The van der Waals surface area contributed by atoms with E-state index in [4.69, 9.17) is 26.2 Å². The number of para-hydroxylation sites is 1. The third-order valence-corrected chi connectivity index (χ3v) is 12.0. The number of piperidine rings is 2. The zero-order valence-electron chi connectivity index (χ0n) is 31.2. The van der Waals surface area contributed by atoms with Crippen LogP contribution in [0.1, 0.15) is 85.3 Å². The lowest BCUT2D eigenvalue weighted by atomic mass is 9.84. The Morgan fingerprint density at radius 3 is 2.49 bits per heavy atom. The van der Waals surface area contributed by atoms with E-state index < -0.39 is 11.9 Å². The highest BCUT2D eigenvalue weighted by Crippen LogP contribution is 2.38. The monoisotopic (exact) mass is 768 g/mol. The molecule has 3 amide bonds. The lowest BCUT2D eigenvalue weighted by Crippen LogP contribution is -2.44. The van der Waals surface area contributed by atoms with Gasteiger partial charge in [-0.1, -0.05) is 23.7 Å². The van der Waals surface area contributed by atoms with Crippen molar-refractivity contribution in [2.75, 3.05) is 39.2 Å². The minimum absolute atomic E-state index is 0.223. The predicted octanol–water partition coefficient (Wildman–Crippen LogP) is 5.60. The van der Waals surface area contributed by atoms with Gasteiger partial charge < -0.3 is 19.7 Å². The summed E-state index contributed by atoms with van der Waals surface area (Å²) < 4.78 is 16.0. The predicted molar refractivity (Wildman–Crippen MR) is 208 cm³/mol. The van der Waals surface area contributed by atoms with Crippen molar-refractivity contribution < 1.29 is 23.9 Å². The number of methoxy groups -OCH3 is 2. The molecule has 1 aliphatic carbocycles. The molecule has 55 heavy (non-hydrogen) atoms. The molecule has 0 bridgehead atoms. The van der Waals surface area contributed by atoms with E-state index in [1.165, 1.54) is 19.4 Å². The average Bonchev–Trinajstić information content (AvgIpc) is 3.72. The number of carbonyl (C=O) groups excluding carboxylic acids is 3. The normalized spacial score (nSPS) is 21.2. The van der Waals surface area contributed by atoms with Crippen molar-refractivity contribution in [2.45, 2.75) is 69.4 Å². The molecule has 1 atom stereocenters. The lowest BCUT2D eigenvalue weighted by Gasteiger charge is -2.37.